The molecule has 0 aliphatic heterocycles. The second-order valence-corrected chi connectivity index (χ2v) is 7.77. The van der Waals surface area contributed by atoms with Crippen LogP contribution in [0.1, 0.15) is 24.5 Å². The van der Waals surface area contributed by atoms with Gasteiger partial charge in [-0.1, -0.05) is 71.9 Å². The average molecular weight is 396 g/mol. The van der Waals surface area contributed by atoms with Gasteiger partial charge < -0.3 is 11.2 Å². The van der Waals surface area contributed by atoms with Crippen LogP contribution in [0.15, 0.2) is 59.8 Å². The van der Waals surface area contributed by atoms with E-state index in [9.17, 15) is 4.79 Å². The van der Waals surface area contributed by atoms with Crippen molar-refractivity contribution in [3.63, 3.8) is 0 Å². The van der Waals surface area contributed by atoms with Gasteiger partial charge in [0.2, 0.25) is 11.1 Å². The van der Waals surface area contributed by atoms with Gasteiger partial charge in [0.1, 0.15) is 0 Å². The fourth-order valence-electron chi connectivity index (χ4n) is 2.82. The summed E-state index contributed by atoms with van der Waals surface area (Å²) >= 11 is 1.28. The number of aromatic nitrogens is 3. The number of carbonyl (C=O) groups is 1. The molecule has 1 amide bonds. The maximum Gasteiger partial charge on any atom is 0.230 e. The van der Waals surface area contributed by atoms with E-state index in [0.29, 0.717) is 11.0 Å². The van der Waals surface area contributed by atoms with Crippen molar-refractivity contribution in [1.82, 2.24) is 20.2 Å². The summed E-state index contributed by atoms with van der Waals surface area (Å²) in [6.45, 7) is 4.05. The smallest absolute Gasteiger partial charge is 0.230 e. The van der Waals surface area contributed by atoms with Gasteiger partial charge in [-0.05, 0) is 32.3 Å². The highest BCUT2D eigenvalue weighted by Crippen LogP contribution is 2.21. The van der Waals surface area contributed by atoms with E-state index >= 15 is 0 Å². The van der Waals surface area contributed by atoms with E-state index < -0.39 is 0 Å². The van der Waals surface area contributed by atoms with Crippen molar-refractivity contribution in [2.24, 2.45) is 0 Å². The molecule has 7 heteroatoms. The Morgan fingerprint density at radius 2 is 1.86 bits per heavy atom. The highest BCUT2D eigenvalue weighted by Gasteiger charge is 2.14. The van der Waals surface area contributed by atoms with Crippen LogP contribution in [0, 0.1) is 6.92 Å². The number of hydrogen-bond acceptors (Lipinski definition) is 5. The van der Waals surface area contributed by atoms with Gasteiger partial charge in [0.15, 0.2) is 5.82 Å². The number of carbonyl (C=O) groups excluding carboxylic acids is 1. The Kier molecular flexibility index (Phi) is 6.71. The van der Waals surface area contributed by atoms with Gasteiger partial charge in [-0.3, -0.25) is 4.79 Å². The third-order valence-corrected chi connectivity index (χ3v) is 5.37. The van der Waals surface area contributed by atoms with Gasteiger partial charge in [-0.2, -0.15) is 0 Å². The topological polar surface area (TPSA) is 85.8 Å². The summed E-state index contributed by atoms with van der Waals surface area (Å²) in [5, 5.41) is 11.8. The van der Waals surface area contributed by atoms with Crippen LogP contribution in [-0.2, 0) is 11.2 Å². The first-order chi connectivity index (χ1) is 13.5. The molecule has 0 aliphatic rings. The molecule has 0 fully saturated rings. The third-order valence-electron chi connectivity index (χ3n) is 4.42. The summed E-state index contributed by atoms with van der Waals surface area (Å²) in [6, 6.07) is 18.3. The van der Waals surface area contributed by atoms with Crippen LogP contribution in [0.5, 0.6) is 0 Å². The molecular formula is C21H25N5OS. The lowest BCUT2D eigenvalue weighted by molar-refractivity contribution is -0.119. The van der Waals surface area contributed by atoms with Crippen molar-refractivity contribution in [1.29, 1.82) is 0 Å². The maximum absolute atomic E-state index is 12.2. The molecule has 3 N–H and O–H groups in total. The van der Waals surface area contributed by atoms with E-state index in [1.54, 1.807) is 0 Å². The molecular weight excluding hydrogens is 370 g/mol. The van der Waals surface area contributed by atoms with Gasteiger partial charge in [-0.15, -0.1) is 10.2 Å². The number of nitrogen functional groups attached to an aromatic ring is 1. The first-order valence-electron chi connectivity index (χ1n) is 9.26. The first kappa shape index (κ1) is 19.9. The predicted octanol–water partition coefficient (Wildman–Crippen LogP) is 3.20. The second kappa shape index (κ2) is 9.41. The molecule has 6 nitrogen and oxygen atoms in total. The highest BCUT2D eigenvalue weighted by molar-refractivity contribution is 7.99. The minimum Gasteiger partial charge on any atom is -0.353 e. The molecule has 0 spiro atoms. The molecule has 1 aromatic heterocycles. The quantitative estimate of drug-likeness (QED) is 0.452. The zero-order chi connectivity index (χ0) is 19.9. The van der Waals surface area contributed by atoms with Gasteiger partial charge in [0, 0.05) is 11.6 Å². The summed E-state index contributed by atoms with van der Waals surface area (Å²) in [5.74, 6) is 6.91. The Morgan fingerprint density at radius 3 is 2.57 bits per heavy atom. The largest absolute Gasteiger partial charge is 0.353 e. The molecule has 0 saturated carbocycles. The number of rotatable bonds is 8. The maximum atomic E-state index is 12.2. The molecule has 0 radical (unpaired) electrons. The lowest BCUT2D eigenvalue weighted by atomic mass is 10.1. The predicted molar refractivity (Wildman–Crippen MR) is 113 cm³/mol. The van der Waals surface area contributed by atoms with Crippen molar-refractivity contribution >= 4 is 17.7 Å². The monoisotopic (exact) mass is 395 g/mol. The number of nitrogens with two attached hydrogens (primary N) is 1. The molecule has 1 unspecified atom stereocenters. The molecule has 3 rings (SSSR count). The van der Waals surface area contributed by atoms with Gasteiger partial charge >= 0.3 is 0 Å². The Hall–Kier alpha value is -2.80. The van der Waals surface area contributed by atoms with Crippen LogP contribution in [0.2, 0.25) is 0 Å². The molecule has 28 heavy (non-hydrogen) atoms. The van der Waals surface area contributed by atoms with Crippen LogP contribution >= 0.6 is 11.8 Å². The molecule has 0 aliphatic carbocycles. The van der Waals surface area contributed by atoms with Crippen molar-refractivity contribution in [3.8, 4) is 11.4 Å². The number of nitrogens with zero attached hydrogens (tertiary/aromatic N) is 3. The number of benzene rings is 2. The fraction of sp³-hybridized carbons (Fsp3) is 0.286. The van der Waals surface area contributed by atoms with Gasteiger partial charge in [0.05, 0.1) is 5.75 Å². The lowest BCUT2D eigenvalue weighted by Gasteiger charge is -2.13. The Labute approximate surface area is 169 Å². The fourth-order valence-corrected chi connectivity index (χ4v) is 3.49. The summed E-state index contributed by atoms with van der Waals surface area (Å²) in [7, 11) is 0. The van der Waals surface area contributed by atoms with E-state index in [-0.39, 0.29) is 17.7 Å². The zero-order valence-corrected chi connectivity index (χ0v) is 16.9. The highest BCUT2D eigenvalue weighted by atomic mass is 32.2. The average Bonchev–Trinajstić information content (AvgIpc) is 3.07. The number of amides is 1. The Balaban J connectivity index is 1.48. The van der Waals surface area contributed by atoms with Crippen LogP contribution in [-0.4, -0.2) is 32.6 Å². The van der Waals surface area contributed by atoms with Crippen molar-refractivity contribution in [2.45, 2.75) is 37.9 Å². The van der Waals surface area contributed by atoms with E-state index in [0.717, 1.165) is 18.4 Å². The number of aryl methyl sites for hydroxylation is 2. The molecule has 1 atom stereocenters. The molecule has 1 heterocycles. The van der Waals surface area contributed by atoms with E-state index in [1.165, 1.54) is 27.6 Å². The Bertz CT molecular complexity index is 908. The van der Waals surface area contributed by atoms with Crippen molar-refractivity contribution in [2.75, 3.05) is 11.6 Å². The van der Waals surface area contributed by atoms with Gasteiger partial charge in [-0.25, -0.2) is 4.68 Å². The van der Waals surface area contributed by atoms with E-state index in [4.69, 9.17) is 5.84 Å². The SMILES string of the molecule is Cc1ccc(-c2nnc(SCC(=O)NC(C)CCc3ccccc3)n2N)cc1. The molecule has 0 saturated heterocycles. The standard InChI is InChI=1S/C21H25N5OS/c1-15-8-12-18(13-9-15)20-24-25-21(26(20)22)28-14-19(27)23-16(2)10-11-17-6-4-3-5-7-17/h3-9,12-13,16H,10-11,14,22H2,1-2H3,(H,23,27). The van der Waals surface area contributed by atoms with Crippen molar-refractivity contribution < 1.29 is 4.79 Å². The lowest BCUT2D eigenvalue weighted by Crippen LogP contribution is -2.34. The van der Waals surface area contributed by atoms with E-state index in [1.807, 2.05) is 56.3 Å². The minimum atomic E-state index is -0.0366. The molecule has 146 valence electrons. The number of hydrogen-bond donors (Lipinski definition) is 2. The number of nitrogens with one attached hydrogen (secondary N) is 1. The van der Waals surface area contributed by atoms with Crippen molar-refractivity contribution in [3.05, 3.63) is 65.7 Å². The number of thioether (sulfide) groups is 1. The van der Waals surface area contributed by atoms with Crippen LogP contribution in [0.3, 0.4) is 0 Å². The summed E-state index contributed by atoms with van der Waals surface area (Å²) < 4.78 is 1.43. The van der Waals surface area contributed by atoms with Gasteiger partial charge in [0.25, 0.3) is 0 Å². The molecule has 0 bridgehead atoms. The summed E-state index contributed by atoms with van der Waals surface area (Å²) in [5.41, 5.74) is 3.34. The molecule has 3 aromatic rings. The Morgan fingerprint density at radius 1 is 1.14 bits per heavy atom. The minimum absolute atomic E-state index is 0.0366. The molecule has 2 aromatic carbocycles. The van der Waals surface area contributed by atoms with E-state index in [2.05, 4.69) is 27.6 Å². The normalized spacial score (nSPS) is 11.9. The second-order valence-electron chi connectivity index (χ2n) is 6.82. The first-order valence-corrected chi connectivity index (χ1v) is 10.2. The third kappa shape index (κ3) is 5.36. The van der Waals surface area contributed by atoms with Crippen LogP contribution in [0.25, 0.3) is 11.4 Å². The zero-order valence-electron chi connectivity index (χ0n) is 16.1. The summed E-state index contributed by atoms with van der Waals surface area (Å²) in [6.07, 6.45) is 1.83. The summed E-state index contributed by atoms with van der Waals surface area (Å²) in [4.78, 5) is 12.2. The van der Waals surface area contributed by atoms with Crippen LogP contribution in [0.4, 0.5) is 0 Å². The van der Waals surface area contributed by atoms with Crippen LogP contribution < -0.4 is 11.2 Å².